The summed E-state index contributed by atoms with van der Waals surface area (Å²) in [5.74, 6) is 0. The molecule has 2 rings (SSSR count). The predicted molar refractivity (Wildman–Crippen MR) is 60.3 cm³/mol. The third-order valence-corrected chi connectivity index (χ3v) is 2.23. The van der Waals surface area contributed by atoms with Crippen molar-refractivity contribution in [2.75, 3.05) is 12.4 Å². The summed E-state index contributed by atoms with van der Waals surface area (Å²) >= 11 is 0. The van der Waals surface area contributed by atoms with Crippen LogP contribution in [0.3, 0.4) is 0 Å². The maximum atomic E-state index is 3.18. The van der Waals surface area contributed by atoms with Crippen LogP contribution in [0.4, 0.5) is 5.69 Å². The van der Waals surface area contributed by atoms with Gasteiger partial charge in [-0.15, -0.1) is 0 Å². The molecule has 0 heterocycles. The second-order valence-electron chi connectivity index (χ2n) is 3.08. The number of hydrogen-bond donors (Lipinski definition) is 1. The van der Waals surface area contributed by atoms with Crippen molar-refractivity contribution in [3.63, 3.8) is 0 Å². The largest absolute Gasteiger partial charge is 0.388 e. The first-order valence-corrected chi connectivity index (χ1v) is 4.65. The molecule has 0 unspecified atom stereocenters. The van der Waals surface area contributed by atoms with Crippen LogP contribution in [0.1, 0.15) is 0 Å². The van der Waals surface area contributed by atoms with Gasteiger partial charge in [-0.3, -0.25) is 0 Å². The fourth-order valence-electron chi connectivity index (χ4n) is 1.52. The normalized spacial score (nSPS) is 9.79. The van der Waals surface area contributed by atoms with E-state index in [-0.39, 0.29) is 0 Å². The van der Waals surface area contributed by atoms with Crippen LogP contribution in [-0.4, -0.2) is 7.05 Å². The Labute approximate surface area is 84.4 Å². The fraction of sp³-hybridized carbons (Fsp3) is 0.0769. The summed E-state index contributed by atoms with van der Waals surface area (Å²) in [5.41, 5.74) is 3.59. The van der Waals surface area contributed by atoms with Crippen molar-refractivity contribution in [3.05, 3.63) is 54.6 Å². The van der Waals surface area contributed by atoms with Crippen molar-refractivity contribution in [1.82, 2.24) is 0 Å². The van der Waals surface area contributed by atoms with Crippen LogP contribution in [0.15, 0.2) is 48.5 Å². The lowest BCUT2D eigenvalue weighted by molar-refractivity contribution is 1.50. The summed E-state index contributed by atoms with van der Waals surface area (Å²) in [6.45, 7) is 0. The third kappa shape index (κ3) is 1.62. The van der Waals surface area contributed by atoms with E-state index in [0.29, 0.717) is 0 Å². The highest BCUT2D eigenvalue weighted by Gasteiger charge is 2.00. The monoisotopic (exact) mass is 182 g/mol. The van der Waals surface area contributed by atoms with Gasteiger partial charge in [-0.1, -0.05) is 42.5 Å². The summed E-state index contributed by atoms with van der Waals surface area (Å²) in [6.07, 6.45) is 0. The van der Waals surface area contributed by atoms with Gasteiger partial charge in [0.1, 0.15) is 0 Å². The van der Waals surface area contributed by atoms with E-state index in [2.05, 4.69) is 35.6 Å². The first kappa shape index (κ1) is 8.82. The van der Waals surface area contributed by atoms with E-state index in [1.807, 2.05) is 31.3 Å². The standard InChI is InChI=1S/C13H12N/c1-14-13-10-6-5-9-12(13)11-7-3-2-4-8-11/h3-10,14H,1H3. The van der Waals surface area contributed by atoms with Crippen LogP contribution < -0.4 is 5.32 Å². The number of benzene rings is 2. The van der Waals surface area contributed by atoms with Gasteiger partial charge < -0.3 is 5.32 Å². The molecule has 0 bridgehead atoms. The first-order valence-electron chi connectivity index (χ1n) is 4.65. The molecule has 1 radical (unpaired) electrons. The lowest BCUT2D eigenvalue weighted by atomic mass is 10.0. The molecule has 0 amide bonds. The second-order valence-corrected chi connectivity index (χ2v) is 3.08. The van der Waals surface area contributed by atoms with E-state index >= 15 is 0 Å². The third-order valence-electron chi connectivity index (χ3n) is 2.23. The Morgan fingerprint density at radius 3 is 2.43 bits per heavy atom. The van der Waals surface area contributed by atoms with E-state index in [1.54, 1.807) is 0 Å². The number of hydrogen-bond acceptors (Lipinski definition) is 1. The molecule has 0 aliphatic heterocycles. The lowest BCUT2D eigenvalue weighted by Crippen LogP contribution is -1.90. The zero-order valence-corrected chi connectivity index (χ0v) is 8.12. The Bertz CT molecular complexity index is 407. The van der Waals surface area contributed by atoms with Crippen molar-refractivity contribution >= 4 is 5.69 Å². The van der Waals surface area contributed by atoms with Crippen molar-refractivity contribution in [3.8, 4) is 11.1 Å². The number of anilines is 1. The van der Waals surface area contributed by atoms with E-state index in [9.17, 15) is 0 Å². The van der Waals surface area contributed by atoms with Crippen molar-refractivity contribution in [2.45, 2.75) is 0 Å². The molecule has 2 aromatic carbocycles. The van der Waals surface area contributed by atoms with Gasteiger partial charge >= 0.3 is 0 Å². The number of nitrogens with one attached hydrogen (secondary N) is 1. The van der Waals surface area contributed by atoms with E-state index in [0.717, 1.165) is 5.69 Å². The molecule has 69 valence electrons. The van der Waals surface area contributed by atoms with Crippen LogP contribution >= 0.6 is 0 Å². The molecule has 1 nitrogen and oxygen atoms in total. The van der Waals surface area contributed by atoms with Crippen LogP contribution in [0.25, 0.3) is 11.1 Å². The van der Waals surface area contributed by atoms with Gasteiger partial charge in [0.2, 0.25) is 0 Å². The van der Waals surface area contributed by atoms with E-state index in [1.165, 1.54) is 11.1 Å². The van der Waals surface area contributed by atoms with Crippen LogP contribution in [-0.2, 0) is 0 Å². The van der Waals surface area contributed by atoms with Gasteiger partial charge in [-0.25, -0.2) is 0 Å². The highest BCUT2D eigenvalue weighted by atomic mass is 14.8. The minimum Gasteiger partial charge on any atom is -0.388 e. The molecule has 0 fully saturated rings. The number of para-hydroxylation sites is 1. The zero-order valence-electron chi connectivity index (χ0n) is 8.12. The molecule has 2 aromatic rings. The van der Waals surface area contributed by atoms with Gasteiger partial charge in [-0.05, 0) is 17.7 Å². The molecule has 0 aliphatic rings. The molecular weight excluding hydrogens is 170 g/mol. The molecule has 0 saturated heterocycles. The smallest absolute Gasteiger partial charge is 0.0417 e. The number of rotatable bonds is 2. The maximum absolute atomic E-state index is 3.18. The molecule has 1 N–H and O–H groups in total. The zero-order chi connectivity index (χ0) is 9.80. The first-order chi connectivity index (χ1) is 6.92. The SMILES string of the molecule is CNc1ccccc1-c1cc[c]cc1. The molecule has 0 aliphatic carbocycles. The average molecular weight is 182 g/mol. The van der Waals surface area contributed by atoms with Crippen molar-refractivity contribution < 1.29 is 0 Å². The van der Waals surface area contributed by atoms with Crippen LogP contribution in [0, 0.1) is 6.07 Å². The summed E-state index contributed by atoms with van der Waals surface area (Å²) in [5, 5.41) is 3.18. The van der Waals surface area contributed by atoms with E-state index in [4.69, 9.17) is 0 Å². The van der Waals surface area contributed by atoms with Gasteiger partial charge in [0.05, 0.1) is 0 Å². The van der Waals surface area contributed by atoms with Gasteiger partial charge in [0, 0.05) is 18.3 Å². The summed E-state index contributed by atoms with van der Waals surface area (Å²) in [7, 11) is 1.94. The molecule has 0 spiro atoms. The van der Waals surface area contributed by atoms with Gasteiger partial charge in [0.25, 0.3) is 0 Å². The van der Waals surface area contributed by atoms with Crippen molar-refractivity contribution in [1.29, 1.82) is 0 Å². The molecular formula is C13H12N. The fourth-order valence-corrected chi connectivity index (χ4v) is 1.52. The maximum Gasteiger partial charge on any atom is 0.0417 e. The van der Waals surface area contributed by atoms with E-state index < -0.39 is 0 Å². The quantitative estimate of drug-likeness (QED) is 0.752. The topological polar surface area (TPSA) is 12.0 Å². The highest BCUT2D eigenvalue weighted by molar-refractivity contribution is 5.77. The molecule has 0 aromatic heterocycles. The minimum atomic E-state index is 1.15. The molecule has 14 heavy (non-hydrogen) atoms. The Kier molecular flexibility index (Phi) is 2.50. The van der Waals surface area contributed by atoms with Crippen LogP contribution in [0.2, 0.25) is 0 Å². The molecule has 0 atom stereocenters. The Balaban J connectivity index is 2.51. The second kappa shape index (κ2) is 3.97. The summed E-state index contributed by atoms with van der Waals surface area (Å²) in [6, 6.07) is 19.3. The van der Waals surface area contributed by atoms with Crippen molar-refractivity contribution in [2.24, 2.45) is 0 Å². The lowest BCUT2D eigenvalue weighted by Gasteiger charge is -2.08. The minimum absolute atomic E-state index is 1.15. The van der Waals surface area contributed by atoms with Crippen LogP contribution in [0.5, 0.6) is 0 Å². The highest BCUT2D eigenvalue weighted by Crippen LogP contribution is 2.26. The molecule has 1 heteroatoms. The predicted octanol–water partition coefficient (Wildman–Crippen LogP) is 3.20. The molecule has 0 saturated carbocycles. The Hall–Kier alpha value is -1.76. The van der Waals surface area contributed by atoms with Gasteiger partial charge in [0.15, 0.2) is 0 Å². The summed E-state index contributed by atoms with van der Waals surface area (Å²) < 4.78 is 0. The summed E-state index contributed by atoms with van der Waals surface area (Å²) in [4.78, 5) is 0. The van der Waals surface area contributed by atoms with Gasteiger partial charge in [-0.2, -0.15) is 0 Å². The average Bonchev–Trinajstić information content (AvgIpc) is 2.30. The Morgan fingerprint density at radius 1 is 1.00 bits per heavy atom. The Morgan fingerprint density at radius 2 is 1.71 bits per heavy atom.